The Labute approximate surface area is 135 Å². The largest absolute Gasteiger partial charge is 0.387 e. The van der Waals surface area contributed by atoms with Crippen molar-refractivity contribution < 1.29 is 22.3 Å². The van der Waals surface area contributed by atoms with Gasteiger partial charge in [-0.05, 0) is 43.4 Å². The lowest BCUT2D eigenvalue weighted by molar-refractivity contribution is 0.144. The fraction of sp³-hybridized carbons (Fsp3) is 0.600. The summed E-state index contributed by atoms with van der Waals surface area (Å²) in [4.78, 5) is 0. The lowest BCUT2D eigenvalue weighted by Gasteiger charge is -2.32. The minimum absolute atomic E-state index is 0.117. The lowest BCUT2D eigenvalue weighted by atomic mass is 10.0. The van der Waals surface area contributed by atoms with Gasteiger partial charge in [0.2, 0.25) is 0 Å². The molecule has 0 saturated carbocycles. The summed E-state index contributed by atoms with van der Waals surface area (Å²) in [5.41, 5.74) is 0.117. The van der Waals surface area contributed by atoms with Gasteiger partial charge in [-0.2, -0.15) is 17.4 Å². The third-order valence-corrected chi connectivity index (χ3v) is 5.73. The molecule has 1 aliphatic heterocycles. The van der Waals surface area contributed by atoms with Crippen LogP contribution in [0.1, 0.15) is 38.4 Å². The van der Waals surface area contributed by atoms with Crippen molar-refractivity contribution in [3.63, 3.8) is 0 Å². The first kappa shape index (κ1) is 18.3. The van der Waals surface area contributed by atoms with Crippen molar-refractivity contribution >= 4 is 10.2 Å². The molecule has 23 heavy (non-hydrogen) atoms. The second-order valence-electron chi connectivity index (χ2n) is 6.14. The zero-order valence-electron chi connectivity index (χ0n) is 13.2. The van der Waals surface area contributed by atoms with Gasteiger partial charge in [0, 0.05) is 13.1 Å². The number of aliphatic hydroxyl groups is 1. The molecule has 0 radical (unpaired) electrons. The number of nitrogens with zero attached hydrogens (tertiary/aromatic N) is 1. The number of hydrogen-bond donors (Lipinski definition) is 2. The summed E-state index contributed by atoms with van der Waals surface area (Å²) in [7, 11) is -3.73. The molecule has 3 atom stereocenters. The molecule has 1 aliphatic rings. The second-order valence-corrected chi connectivity index (χ2v) is 7.84. The van der Waals surface area contributed by atoms with Crippen LogP contribution in [0.5, 0.6) is 0 Å². The van der Waals surface area contributed by atoms with Crippen molar-refractivity contribution in [2.24, 2.45) is 5.92 Å². The second kappa shape index (κ2) is 7.21. The summed E-state index contributed by atoms with van der Waals surface area (Å²) in [5, 5.41) is 10.2. The normalized spacial score (nSPS) is 22.7. The summed E-state index contributed by atoms with van der Waals surface area (Å²) >= 11 is 0. The van der Waals surface area contributed by atoms with E-state index in [1.54, 1.807) is 0 Å². The summed E-state index contributed by atoms with van der Waals surface area (Å²) in [6.07, 6.45) is 0.503. The van der Waals surface area contributed by atoms with E-state index in [1.807, 2.05) is 6.92 Å². The fourth-order valence-corrected chi connectivity index (χ4v) is 4.29. The highest BCUT2D eigenvalue weighted by molar-refractivity contribution is 7.87. The Kier molecular flexibility index (Phi) is 5.72. The smallest absolute Gasteiger partial charge is 0.279 e. The van der Waals surface area contributed by atoms with Crippen LogP contribution in [0.3, 0.4) is 0 Å². The van der Waals surface area contributed by atoms with Crippen LogP contribution in [-0.4, -0.2) is 37.0 Å². The van der Waals surface area contributed by atoms with Crippen molar-refractivity contribution in [3.8, 4) is 0 Å². The van der Waals surface area contributed by atoms with Crippen LogP contribution in [0.25, 0.3) is 0 Å². The monoisotopic (exact) mass is 348 g/mol. The number of halogens is 2. The van der Waals surface area contributed by atoms with E-state index in [1.165, 1.54) is 17.3 Å². The molecule has 1 aromatic rings. The van der Waals surface area contributed by atoms with E-state index in [9.17, 15) is 22.3 Å². The molecule has 0 bridgehead atoms. The highest BCUT2D eigenvalue weighted by Crippen LogP contribution is 2.22. The Morgan fingerprint density at radius 2 is 2.04 bits per heavy atom. The van der Waals surface area contributed by atoms with E-state index < -0.39 is 34.0 Å². The molecule has 0 spiro atoms. The molecular weight excluding hydrogens is 326 g/mol. The van der Waals surface area contributed by atoms with Crippen molar-refractivity contribution in [2.75, 3.05) is 13.1 Å². The van der Waals surface area contributed by atoms with Crippen LogP contribution in [0.4, 0.5) is 8.78 Å². The van der Waals surface area contributed by atoms with Gasteiger partial charge in [0.05, 0.1) is 12.1 Å². The topological polar surface area (TPSA) is 69.6 Å². The number of benzene rings is 1. The van der Waals surface area contributed by atoms with Crippen molar-refractivity contribution in [1.29, 1.82) is 0 Å². The SMILES string of the molecule is CC1CCCN(S(=O)(=O)NC(C)C(O)c2ccc(F)c(F)c2)C1. The van der Waals surface area contributed by atoms with Gasteiger partial charge < -0.3 is 5.11 Å². The Hall–Kier alpha value is -1.09. The van der Waals surface area contributed by atoms with Gasteiger partial charge in [-0.1, -0.05) is 13.0 Å². The minimum Gasteiger partial charge on any atom is -0.387 e. The lowest BCUT2D eigenvalue weighted by Crippen LogP contribution is -2.49. The van der Waals surface area contributed by atoms with Crippen molar-refractivity contribution in [2.45, 2.75) is 38.8 Å². The van der Waals surface area contributed by atoms with E-state index in [2.05, 4.69) is 4.72 Å². The molecule has 2 N–H and O–H groups in total. The van der Waals surface area contributed by atoms with E-state index >= 15 is 0 Å². The highest BCUT2D eigenvalue weighted by Gasteiger charge is 2.30. The number of rotatable bonds is 5. The predicted octanol–water partition coefficient (Wildman–Crippen LogP) is 1.95. The third-order valence-electron chi connectivity index (χ3n) is 4.05. The highest BCUT2D eigenvalue weighted by atomic mass is 32.2. The average molecular weight is 348 g/mol. The molecule has 1 saturated heterocycles. The standard InChI is InChI=1S/C15H22F2N2O3S/c1-10-4-3-7-19(9-10)23(21,22)18-11(2)15(20)12-5-6-13(16)14(17)8-12/h5-6,8,10-11,15,18,20H,3-4,7,9H2,1-2H3. The Morgan fingerprint density at radius 3 is 2.65 bits per heavy atom. The number of aliphatic hydroxyl groups excluding tert-OH is 1. The molecule has 0 aliphatic carbocycles. The first-order valence-corrected chi connectivity index (χ1v) is 9.05. The molecule has 0 amide bonds. The maximum Gasteiger partial charge on any atom is 0.279 e. The predicted molar refractivity (Wildman–Crippen MR) is 82.8 cm³/mol. The van der Waals surface area contributed by atoms with Gasteiger partial charge in [-0.3, -0.25) is 0 Å². The number of piperidine rings is 1. The Morgan fingerprint density at radius 1 is 1.35 bits per heavy atom. The van der Waals surface area contributed by atoms with Crippen LogP contribution in [0.15, 0.2) is 18.2 Å². The summed E-state index contributed by atoms with van der Waals surface area (Å²) in [6, 6.07) is 2.13. The summed E-state index contributed by atoms with van der Waals surface area (Å²) < 4.78 is 54.7. The Balaban J connectivity index is 2.07. The van der Waals surface area contributed by atoms with E-state index in [-0.39, 0.29) is 11.5 Å². The van der Waals surface area contributed by atoms with Crippen LogP contribution < -0.4 is 4.72 Å². The van der Waals surface area contributed by atoms with Gasteiger partial charge in [0.1, 0.15) is 0 Å². The van der Waals surface area contributed by atoms with E-state index in [4.69, 9.17) is 0 Å². The van der Waals surface area contributed by atoms with Crippen LogP contribution in [0, 0.1) is 17.6 Å². The van der Waals surface area contributed by atoms with E-state index in [0.29, 0.717) is 13.1 Å². The molecule has 3 unspecified atom stereocenters. The molecule has 2 rings (SSSR count). The van der Waals surface area contributed by atoms with E-state index in [0.717, 1.165) is 25.0 Å². The molecule has 5 nitrogen and oxygen atoms in total. The zero-order chi connectivity index (χ0) is 17.2. The fourth-order valence-electron chi connectivity index (χ4n) is 2.72. The molecular formula is C15H22F2N2O3S. The molecule has 130 valence electrons. The minimum atomic E-state index is -3.73. The number of hydrogen-bond acceptors (Lipinski definition) is 3. The van der Waals surface area contributed by atoms with Gasteiger partial charge in [-0.25, -0.2) is 8.78 Å². The first-order chi connectivity index (χ1) is 10.7. The molecule has 1 fully saturated rings. The van der Waals surface area contributed by atoms with Gasteiger partial charge in [-0.15, -0.1) is 0 Å². The first-order valence-electron chi connectivity index (χ1n) is 7.61. The molecule has 1 heterocycles. The number of nitrogens with one attached hydrogen (secondary N) is 1. The van der Waals surface area contributed by atoms with Crippen LogP contribution in [0.2, 0.25) is 0 Å². The van der Waals surface area contributed by atoms with Gasteiger partial charge in [0.25, 0.3) is 10.2 Å². The van der Waals surface area contributed by atoms with Crippen molar-refractivity contribution in [1.82, 2.24) is 9.03 Å². The van der Waals surface area contributed by atoms with Crippen molar-refractivity contribution in [3.05, 3.63) is 35.4 Å². The molecule has 1 aromatic carbocycles. The van der Waals surface area contributed by atoms with Gasteiger partial charge in [0.15, 0.2) is 11.6 Å². The average Bonchev–Trinajstić information content (AvgIpc) is 2.49. The van der Waals surface area contributed by atoms with Crippen LogP contribution >= 0.6 is 0 Å². The molecule has 8 heteroatoms. The van der Waals surface area contributed by atoms with Crippen LogP contribution in [-0.2, 0) is 10.2 Å². The maximum atomic E-state index is 13.2. The summed E-state index contributed by atoms with van der Waals surface area (Å²) in [6.45, 7) is 4.34. The Bertz CT molecular complexity index is 654. The third kappa shape index (κ3) is 4.47. The quantitative estimate of drug-likeness (QED) is 0.855. The summed E-state index contributed by atoms with van der Waals surface area (Å²) in [5.74, 6) is -1.82. The zero-order valence-corrected chi connectivity index (χ0v) is 14.0. The van der Waals surface area contributed by atoms with Gasteiger partial charge >= 0.3 is 0 Å². The maximum absolute atomic E-state index is 13.2. The molecule has 0 aromatic heterocycles.